The molecule has 1 aromatic carbocycles. The van der Waals surface area contributed by atoms with Crippen molar-refractivity contribution >= 4 is 5.91 Å². The molecule has 0 radical (unpaired) electrons. The normalized spacial score (nSPS) is 15.1. The molecule has 0 unspecified atom stereocenters. The van der Waals surface area contributed by atoms with E-state index in [0.717, 1.165) is 43.7 Å². The summed E-state index contributed by atoms with van der Waals surface area (Å²) < 4.78 is 5.32. The highest BCUT2D eigenvalue weighted by molar-refractivity contribution is 5.94. The standard InChI is InChI=1S/C17H22N2O2/c1-13-11-16(5-4-15(13)3-2-8-18)17(20)19-12-14-6-9-21-10-7-14/h4-5,11,14H,6-10,12,18H2,1H3,(H,19,20). The van der Waals surface area contributed by atoms with Gasteiger partial charge in [-0.15, -0.1) is 0 Å². The minimum absolute atomic E-state index is 0.0251. The molecule has 1 aliphatic heterocycles. The first-order valence-electron chi connectivity index (χ1n) is 7.36. The number of amides is 1. The summed E-state index contributed by atoms with van der Waals surface area (Å²) in [5.41, 5.74) is 7.96. The summed E-state index contributed by atoms with van der Waals surface area (Å²) in [6.07, 6.45) is 2.04. The second-order valence-electron chi connectivity index (χ2n) is 5.30. The van der Waals surface area contributed by atoms with Gasteiger partial charge in [0.25, 0.3) is 5.91 Å². The molecule has 4 nitrogen and oxygen atoms in total. The Morgan fingerprint density at radius 3 is 2.86 bits per heavy atom. The van der Waals surface area contributed by atoms with Gasteiger partial charge in [-0.1, -0.05) is 11.8 Å². The molecule has 0 saturated carbocycles. The van der Waals surface area contributed by atoms with Crippen molar-refractivity contribution in [3.63, 3.8) is 0 Å². The van der Waals surface area contributed by atoms with Crippen molar-refractivity contribution in [2.75, 3.05) is 26.3 Å². The fraction of sp³-hybridized carbons (Fsp3) is 0.471. The topological polar surface area (TPSA) is 64.3 Å². The fourth-order valence-electron chi connectivity index (χ4n) is 2.38. The van der Waals surface area contributed by atoms with E-state index in [4.69, 9.17) is 10.5 Å². The van der Waals surface area contributed by atoms with E-state index in [-0.39, 0.29) is 5.91 Å². The van der Waals surface area contributed by atoms with Crippen LogP contribution in [0.4, 0.5) is 0 Å². The van der Waals surface area contributed by atoms with Crippen LogP contribution in [-0.2, 0) is 4.74 Å². The summed E-state index contributed by atoms with van der Waals surface area (Å²) in [6.45, 7) is 4.61. The number of aryl methyl sites for hydroxylation is 1. The van der Waals surface area contributed by atoms with Gasteiger partial charge in [0.05, 0.1) is 6.54 Å². The summed E-state index contributed by atoms with van der Waals surface area (Å²) in [7, 11) is 0. The SMILES string of the molecule is Cc1cc(C(=O)NCC2CCOCC2)ccc1C#CCN. The van der Waals surface area contributed by atoms with E-state index in [9.17, 15) is 4.79 Å². The van der Waals surface area contributed by atoms with E-state index < -0.39 is 0 Å². The molecule has 0 spiro atoms. The zero-order chi connectivity index (χ0) is 15.1. The van der Waals surface area contributed by atoms with Crippen LogP contribution >= 0.6 is 0 Å². The van der Waals surface area contributed by atoms with Crippen molar-refractivity contribution in [3.8, 4) is 11.8 Å². The van der Waals surface area contributed by atoms with Crippen LogP contribution in [0.15, 0.2) is 18.2 Å². The lowest BCUT2D eigenvalue weighted by Gasteiger charge is -2.22. The predicted molar refractivity (Wildman–Crippen MR) is 83.0 cm³/mol. The van der Waals surface area contributed by atoms with E-state index in [1.165, 1.54) is 0 Å². The molecule has 1 aromatic rings. The molecule has 4 heteroatoms. The monoisotopic (exact) mass is 286 g/mol. The summed E-state index contributed by atoms with van der Waals surface area (Å²) in [5, 5.41) is 3.01. The van der Waals surface area contributed by atoms with Crippen molar-refractivity contribution in [3.05, 3.63) is 34.9 Å². The molecule has 1 fully saturated rings. The first-order valence-corrected chi connectivity index (χ1v) is 7.36. The molecule has 0 aromatic heterocycles. The number of nitrogens with one attached hydrogen (secondary N) is 1. The number of benzene rings is 1. The number of nitrogens with two attached hydrogens (primary N) is 1. The Balaban J connectivity index is 1.94. The minimum Gasteiger partial charge on any atom is -0.381 e. The molecule has 3 N–H and O–H groups in total. The van der Waals surface area contributed by atoms with Crippen LogP contribution in [0.2, 0.25) is 0 Å². The Morgan fingerprint density at radius 1 is 1.43 bits per heavy atom. The molecular weight excluding hydrogens is 264 g/mol. The van der Waals surface area contributed by atoms with Gasteiger partial charge in [0, 0.05) is 30.9 Å². The van der Waals surface area contributed by atoms with Crippen molar-refractivity contribution in [1.82, 2.24) is 5.32 Å². The molecule has 21 heavy (non-hydrogen) atoms. The predicted octanol–water partition coefficient (Wildman–Crippen LogP) is 1.46. The molecule has 2 rings (SSSR count). The Bertz CT molecular complexity index is 552. The highest BCUT2D eigenvalue weighted by Crippen LogP contribution is 2.14. The van der Waals surface area contributed by atoms with Gasteiger partial charge in [-0.3, -0.25) is 4.79 Å². The van der Waals surface area contributed by atoms with Gasteiger partial charge in [-0.25, -0.2) is 0 Å². The number of hydrogen-bond donors (Lipinski definition) is 2. The largest absolute Gasteiger partial charge is 0.381 e. The number of hydrogen-bond acceptors (Lipinski definition) is 3. The van der Waals surface area contributed by atoms with Crippen LogP contribution in [0.1, 0.15) is 34.3 Å². The lowest BCUT2D eigenvalue weighted by atomic mass is 10.00. The molecule has 1 aliphatic rings. The first kappa shape index (κ1) is 15.6. The molecular formula is C17H22N2O2. The maximum Gasteiger partial charge on any atom is 0.251 e. The van der Waals surface area contributed by atoms with E-state index in [1.807, 2.05) is 25.1 Å². The molecule has 112 valence electrons. The Hall–Kier alpha value is -1.83. The van der Waals surface area contributed by atoms with Crippen LogP contribution in [0, 0.1) is 24.7 Å². The summed E-state index contributed by atoms with van der Waals surface area (Å²) in [6, 6.07) is 5.56. The zero-order valence-corrected chi connectivity index (χ0v) is 12.4. The zero-order valence-electron chi connectivity index (χ0n) is 12.4. The van der Waals surface area contributed by atoms with Crippen LogP contribution < -0.4 is 11.1 Å². The minimum atomic E-state index is -0.0251. The van der Waals surface area contributed by atoms with Gasteiger partial charge in [0.15, 0.2) is 0 Å². The first-order chi connectivity index (χ1) is 10.2. The summed E-state index contributed by atoms with van der Waals surface area (Å²) >= 11 is 0. The van der Waals surface area contributed by atoms with Gasteiger partial charge < -0.3 is 15.8 Å². The van der Waals surface area contributed by atoms with Gasteiger partial charge in [0.1, 0.15) is 0 Å². The molecule has 1 heterocycles. The molecule has 0 bridgehead atoms. The van der Waals surface area contributed by atoms with Crippen LogP contribution in [0.3, 0.4) is 0 Å². The molecule has 1 amide bonds. The number of ether oxygens (including phenoxy) is 1. The summed E-state index contributed by atoms with van der Waals surface area (Å²) in [5.74, 6) is 6.33. The second-order valence-corrected chi connectivity index (χ2v) is 5.30. The molecule has 1 saturated heterocycles. The third kappa shape index (κ3) is 4.59. The van der Waals surface area contributed by atoms with Gasteiger partial charge >= 0.3 is 0 Å². The maximum atomic E-state index is 12.2. The number of carbonyl (C=O) groups excluding carboxylic acids is 1. The third-order valence-electron chi connectivity index (χ3n) is 3.71. The van der Waals surface area contributed by atoms with E-state index in [0.29, 0.717) is 18.0 Å². The highest BCUT2D eigenvalue weighted by Gasteiger charge is 2.15. The summed E-state index contributed by atoms with van der Waals surface area (Å²) in [4.78, 5) is 12.2. The highest BCUT2D eigenvalue weighted by atomic mass is 16.5. The van der Waals surface area contributed by atoms with Crippen LogP contribution in [0.25, 0.3) is 0 Å². The van der Waals surface area contributed by atoms with Crippen molar-refractivity contribution in [2.45, 2.75) is 19.8 Å². The number of carbonyl (C=O) groups is 1. The fourth-order valence-corrected chi connectivity index (χ4v) is 2.38. The van der Waals surface area contributed by atoms with Gasteiger partial charge in [0.2, 0.25) is 0 Å². The quantitative estimate of drug-likeness (QED) is 0.827. The van der Waals surface area contributed by atoms with Crippen LogP contribution in [-0.4, -0.2) is 32.2 Å². The smallest absolute Gasteiger partial charge is 0.251 e. The van der Waals surface area contributed by atoms with Crippen LogP contribution in [0.5, 0.6) is 0 Å². The van der Waals surface area contributed by atoms with Crippen molar-refractivity contribution < 1.29 is 9.53 Å². The van der Waals surface area contributed by atoms with E-state index in [1.54, 1.807) is 0 Å². The average Bonchev–Trinajstić information content (AvgIpc) is 2.52. The Kier molecular flexibility index (Phi) is 5.79. The van der Waals surface area contributed by atoms with Gasteiger partial charge in [-0.2, -0.15) is 0 Å². The number of rotatable bonds is 3. The third-order valence-corrected chi connectivity index (χ3v) is 3.71. The van der Waals surface area contributed by atoms with Crippen molar-refractivity contribution in [2.24, 2.45) is 11.7 Å². The van der Waals surface area contributed by atoms with Gasteiger partial charge in [-0.05, 0) is 49.4 Å². The van der Waals surface area contributed by atoms with Crippen molar-refractivity contribution in [1.29, 1.82) is 0 Å². The lowest BCUT2D eigenvalue weighted by molar-refractivity contribution is 0.0642. The molecule has 0 atom stereocenters. The maximum absolute atomic E-state index is 12.2. The van der Waals surface area contributed by atoms with E-state index >= 15 is 0 Å². The Morgan fingerprint density at radius 2 is 2.19 bits per heavy atom. The van der Waals surface area contributed by atoms with E-state index in [2.05, 4.69) is 17.2 Å². The molecule has 0 aliphatic carbocycles. The lowest BCUT2D eigenvalue weighted by Crippen LogP contribution is -2.32. The Labute approximate surface area is 126 Å². The second kappa shape index (κ2) is 7.82. The average molecular weight is 286 g/mol.